The zero-order chi connectivity index (χ0) is 20.2. The Morgan fingerprint density at radius 3 is 2.21 bits per heavy atom. The Kier molecular flexibility index (Phi) is 5.45. The summed E-state index contributed by atoms with van der Waals surface area (Å²) in [6.07, 6.45) is 0.343. The van der Waals surface area contributed by atoms with Gasteiger partial charge in [-0.25, -0.2) is 4.79 Å². The van der Waals surface area contributed by atoms with E-state index in [0.717, 1.165) is 11.1 Å². The van der Waals surface area contributed by atoms with Gasteiger partial charge in [-0.1, -0.05) is 78.3 Å². The van der Waals surface area contributed by atoms with Crippen LogP contribution in [0.1, 0.15) is 16.7 Å². The normalized spacial score (nSPS) is 10.8. The van der Waals surface area contributed by atoms with Crippen LogP contribution in [0.3, 0.4) is 0 Å². The molecule has 29 heavy (non-hydrogen) atoms. The first-order chi connectivity index (χ1) is 14.1. The summed E-state index contributed by atoms with van der Waals surface area (Å²) < 4.78 is 11.2. The number of carbonyl (C=O) groups excluding carboxylic acids is 1. The summed E-state index contributed by atoms with van der Waals surface area (Å²) in [5.74, 6) is -0.316. The second-order valence-corrected chi connectivity index (χ2v) is 7.02. The van der Waals surface area contributed by atoms with Gasteiger partial charge in [0.1, 0.15) is 5.58 Å². The van der Waals surface area contributed by atoms with Crippen LogP contribution in [0.25, 0.3) is 11.0 Å². The number of carbonyl (C=O) groups is 1. The zero-order valence-corrected chi connectivity index (χ0v) is 16.2. The summed E-state index contributed by atoms with van der Waals surface area (Å²) in [6, 6.07) is 23.7. The van der Waals surface area contributed by atoms with Crippen molar-refractivity contribution < 1.29 is 13.9 Å². The number of rotatable bonds is 5. The Morgan fingerprint density at radius 2 is 1.52 bits per heavy atom. The third-order valence-electron chi connectivity index (χ3n) is 4.56. The molecule has 4 rings (SSSR count). The molecule has 0 amide bonds. The number of fused-ring (bicyclic) bond motifs is 1. The summed E-state index contributed by atoms with van der Waals surface area (Å²) >= 11 is 6.38. The van der Waals surface area contributed by atoms with E-state index in [4.69, 9.17) is 20.8 Å². The smallest absolute Gasteiger partial charge is 0.343 e. The van der Waals surface area contributed by atoms with Crippen LogP contribution in [-0.2, 0) is 17.6 Å². The lowest BCUT2D eigenvalue weighted by atomic mass is 10.0. The van der Waals surface area contributed by atoms with Gasteiger partial charge in [0.15, 0.2) is 5.75 Å². The molecule has 0 spiro atoms. The maximum absolute atomic E-state index is 12.7. The molecule has 4 nitrogen and oxygen atoms in total. The predicted octanol–water partition coefficient (Wildman–Crippen LogP) is 5.19. The summed E-state index contributed by atoms with van der Waals surface area (Å²) in [5, 5.41) is 0.768. The first kappa shape index (κ1) is 19.0. The standard InChI is InChI=1S/C24H17ClO4/c25-19-12-7-13-20-22(19)23(29-21(26)15-17-10-5-2-6-11-17)18(24(27)28-20)14-16-8-3-1-4-9-16/h1-13H,14-15H2. The van der Waals surface area contributed by atoms with Gasteiger partial charge in [0.05, 0.1) is 22.4 Å². The number of halogens is 1. The SMILES string of the molecule is O=C(Cc1ccccc1)Oc1c(Cc2ccccc2)c(=O)oc2cccc(Cl)c12. The van der Waals surface area contributed by atoms with E-state index in [2.05, 4.69) is 0 Å². The number of hydrogen-bond acceptors (Lipinski definition) is 4. The van der Waals surface area contributed by atoms with Crippen molar-refractivity contribution in [1.29, 1.82) is 0 Å². The average Bonchev–Trinajstić information content (AvgIpc) is 2.72. The Balaban J connectivity index is 1.79. The van der Waals surface area contributed by atoms with Gasteiger partial charge in [-0.15, -0.1) is 0 Å². The van der Waals surface area contributed by atoms with Crippen molar-refractivity contribution in [2.75, 3.05) is 0 Å². The number of benzene rings is 3. The predicted molar refractivity (Wildman–Crippen MR) is 113 cm³/mol. The quantitative estimate of drug-likeness (QED) is 0.339. The van der Waals surface area contributed by atoms with E-state index < -0.39 is 11.6 Å². The maximum Gasteiger partial charge on any atom is 0.343 e. The Bertz CT molecular complexity index is 1210. The Hall–Kier alpha value is -3.37. The van der Waals surface area contributed by atoms with E-state index in [-0.39, 0.29) is 29.7 Å². The van der Waals surface area contributed by atoms with E-state index >= 15 is 0 Å². The van der Waals surface area contributed by atoms with Crippen molar-refractivity contribution in [3.8, 4) is 5.75 Å². The van der Waals surface area contributed by atoms with Crippen LogP contribution in [0.4, 0.5) is 0 Å². The van der Waals surface area contributed by atoms with Crippen molar-refractivity contribution >= 4 is 28.5 Å². The third kappa shape index (κ3) is 4.23. The lowest BCUT2D eigenvalue weighted by molar-refractivity contribution is -0.133. The van der Waals surface area contributed by atoms with Crippen LogP contribution in [0.5, 0.6) is 5.75 Å². The third-order valence-corrected chi connectivity index (χ3v) is 4.87. The van der Waals surface area contributed by atoms with Gasteiger partial charge in [-0.2, -0.15) is 0 Å². The average molecular weight is 405 g/mol. The minimum absolute atomic E-state index is 0.0811. The van der Waals surface area contributed by atoms with E-state index in [9.17, 15) is 9.59 Å². The molecule has 0 radical (unpaired) electrons. The van der Waals surface area contributed by atoms with Crippen LogP contribution >= 0.6 is 11.6 Å². The molecule has 0 fully saturated rings. The van der Waals surface area contributed by atoms with E-state index in [1.807, 2.05) is 60.7 Å². The molecule has 0 aliphatic heterocycles. The largest absolute Gasteiger partial charge is 0.425 e. The number of hydrogen-bond donors (Lipinski definition) is 0. The number of esters is 1. The maximum atomic E-state index is 12.7. The lowest BCUT2D eigenvalue weighted by Crippen LogP contribution is -2.17. The lowest BCUT2D eigenvalue weighted by Gasteiger charge is -2.13. The molecule has 0 atom stereocenters. The highest BCUT2D eigenvalue weighted by Gasteiger charge is 2.21. The molecule has 0 bridgehead atoms. The molecule has 1 aromatic heterocycles. The van der Waals surface area contributed by atoms with E-state index in [1.165, 1.54) is 0 Å². The molecule has 1 heterocycles. The monoisotopic (exact) mass is 404 g/mol. The summed E-state index contributed by atoms with van der Waals surface area (Å²) in [4.78, 5) is 25.4. The second kappa shape index (κ2) is 8.33. The Morgan fingerprint density at radius 1 is 0.862 bits per heavy atom. The molecule has 0 aliphatic rings. The molecular formula is C24H17ClO4. The van der Waals surface area contributed by atoms with Gasteiger partial charge >= 0.3 is 11.6 Å². The van der Waals surface area contributed by atoms with Gasteiger partial charge in [0, 0.05) is 6.42 Å². The van der Waals surface area contributed by atoms with Crippen molar-refractivity contribution in [2.45, 2.75) is 12.8 Å². The summed E-state index contributed by atoms with van der Waals surface area (Å²) in [7, 11) is 0. The highest BCUT2D eigenvalue weighted by Crippen LogP contribution is 2.34. The van der Waals surface area contributed by atoms with E-state index in [1.54, 1.807) is 18.2 Å². The van der Waals surface area contributed by atoms with Crippen molar-refractivity contribution in [3.63, 3.8) is 0 Å². The van der Waals surface area contributed by atoms with Gasteiger partial charge in [0.25, 0.3) is 0 Å². The fourth-order valence-corrected chi connectivity index (χ4v) is 3.44. The second-order valence-electron chi connectivity index (χ2n) is 6.61. The summed E-state index contributed by atoms with van der Waals surface area (Å²) in [6.45, 7) is 0. The van der Waals surface area contributed by atoms with Crippen LogP contribution in [0.15, 0.2) is 88.1 Å². The zero-order valence-electron chi connectivity index (χ0n) is 15.4. The highest BCUT2D eigenvalue weighted by atomic mass is 35.5. The van der Waals surface area contributed by atoms with Gasteiger partial charge in [0.2, 0.25) is 0 Å². The fraction of sp³-hybridized carbons (Fsp3) is 0.0833. The van der Waals surface area contributed by atoms with Crippen LogP contribution in [0.2, 0.25) is 5.02 Å². The van der Waals surface area contributed by atoms with Crippen molar-refractivity contribution in [3.05, 3.63) is 111 Å². The topological polar surface area (TPSA) is 56.5 Å². The van der Waals surface area contributed by atoms with Crippen LogP contribution in [-0.4, -0.2) is 5.97 Å². The first-order valence-electron chi connectivity index (χ1n) is 9.14. The van der Waals surface area contributed by atoms with Crippen LogP contribution in [0, 0.1) is 0 Å². The summed E-state index contributed by atoms with van der Waals surface area (Å²) in [5.41, 5.74) is 1.71. The molecule has 3 aromatic carbocycles. The molecule has 0 unspecified atom stereocenters. The molecule has 0 saturated carbocycles. The van der Waals surface area contributed by atoms with E-state index in [0.29, 0.717) is 10.4 Å². The fourth-order valence-electron chi connectivity index (χ4n) is 3.19. The molecule has 5 heteroatoms. The molecule has 0 aliphatic carbocycles. The van der Waals surface area contributed by atoms with Crippen molar-refractivity contribution in [2.24, 2.45) is 0 Å². The van der Waals surface area contributed by atoms with Gasteiger partial charge < -0.3 is 9.15 Å². The van der Waals surface area contributed by atoms with Gasteiger partial charge in [-0.3, -0.25) is 4.79 Å². The van der Waals surface area contributed by atoms with Crippen LogP contribution < -0.4 is 10.4 Å². The molecule has 144 valence electrons. The molecule has 0 saturated heterocycles. The minimum Gasteiger partial charge on any atom is -0.425 e. The molecular weight excluding hydrogens is 388 g/mol. The minimum atomic E-state index is -0.550. The van der Waals surface area contributed by atoms with Crippen molar-refractivity contribution in [1.82, 2.24) is 0 Å². The molecule has 0 N–H and O–H groups in total. The highest BCUT2D eigenvalue weighted by molar-refractivity contribution is 6.36. The Labute approximate surface area is 172 Å². The number of ether oxygens (including phenoxy) is 1. The van der Waals surface area contributed by atoms with Gasteiger partial charge in [-0.05, 0) is 23.3 Å². The first-order valence-corrected chi connectivity index (χ1v) is 9.52. The molecule has 4 aromatic rings.